The maximum absolute atomic E-state index is 6.13. The molecular formula is C24H52O2Si. The second-order valence-corrected chi connectivity index (χ2v) is 14.6. The minimum absolute atomic E-state index is 0.293. The number of ether oxygens (including phenoxy) is 1. The topological polar surface area (TPSA) is 18.5 Å². The van der Waals surface area contributed by atoms with Gasteiger partial charge < -0.3 is 9.16 Å². The Morgan fingerprint density at radius 3 is 1.37 bits per heavy atom. The normalized spacial score (nSPS) is 12.7. The molecule has 0 aliphatic heterocycles. The maximum atomic E-state index is 6.13. The molecule has 0 saturated carbocycles. The molecule has 2 nitrogen and oxygen atoms in total. The lowest BCUT2D eigenvalue weighted by Crippen LogP contribution is -2.41. The summed E-state index contributed by atoms with van der Waals surface area (Å²) in [5.74, 6) is 0. The standard InChI is InChI=1S/C24H52O2Si/c1-7-8-9-10-11-12-13-14-15-16-17-18-19-20-21-25-22-23-26-27(5,6)24(2,3)4/h7-23H2,1-6H3. The lowest BCUT2D eigenvalue weighted by Gasteiger charge is -2.36. The van der Waals surface area contributed by atoms with Crippen LogP contribution in [0, 0.1) is 0 Å². The van der Waals surface area contributed by atoms with E-state index < -0.39 is 8.32 Å². The Balaban J connectivity index is 3.19. The van der Waals surface area contributed by atoms with Gasteiger partial charge in [-0.1, -0.05) is 111 Å². The average Bonchev–Trinajstić information content (AvgIpc) is 2.59. The van der Waals surface area contributed by atoms with Crippen molar-refractivity contribution in [3.63, 3.8) is 0 Å². The van der Waals surface area contributed by atoms with Gasteiger partial charge in [0.05, 0.1) is 13.2 Å². The first-order valence-corrected chi connectivity index (χ1v) is 14.9. The van der Waals surface area contributed by atoms with Crippen LogP contribution in [0.25, 0.3) is 0 Å². The van der Waals surface area contributed by atoms with Gasteiger partial charge in [-0.05, 0) is 24.6 Å². The van der Waals surface area contributed by atoms with Crippen LogP contribution in [-0.2, 0) is 9.16 Å². The Bertz CT molecular complexity index is 310. The average molecular weight is 401 g/mol. The first-order valence-electron chi connectivity index (χ1n) is 12.0. The van der Waals surface area contributed by atoms with Gasteiger partial charge in [-0.25, -0.2) is 0 Å². The van der Waals surface area contributed by atoms with Crippen molar-refractivity contribution in [2.24, 2.45) is 0 Å². The summed E-state index contributed by atoms with van der Waals surface area (Å²) >= 11 is 0. The highest BCUT2D eigenvalue weighted by molar-refractivity contribution is 6.74. The predicted molar refractivity (Wildman–Crippen MR) is 124 cm³/mol. The summed E-state index contributed by atoms with van der Waals surface area (Å²) in [5.41, 5.74) is 0. The van der Waals surface area contributed by atoms with Crippen molar-refractivity contribution in [3.05, 3.63) is 0 Å². The molecule has 0 unspecified atom stereocenters. The third-order valence-electron chi connectivity index (χ3n) is 6.14. The fourth-order valence-corrected chi connectivity index (χ4v) is 4.10. The van der Waals surface area contributed by atoms with Gasteiger partial charge in [-0.2, -0.15) is 0 Å². The molecular weight excluding hydrogens is 348 g/mol. The number of unbranched alkanes of at least 4 members (excludes halogenated alkanes) is 13. The highest BCUT2D eigenvalue weighted by Gasteiger charge is 2.36. The first-order chi connectivity index (χ1) is 12.8. The molecule has 0 aromatic heterocycles. The lowest BCUT2D eigenvalue weighted by atomic mass is 10.0. The quantitative estimate of drug-likeness (QED) is 0.160. The summed E-state index contributed by atoms with van der Waals surface area (Å²) in [6.45, 7) is 16.2. The van der Waals surface area contributed by atoms with E-state index in [2.05, 4.69) is 40.8 Å². The van der Waals surface area contributed by atoms with Crippen LogP contribution < -0.4 is 0 Å². The zero-order valence-electron chi connectivity index (χ0n) is 19.8. The van der Waals surface area contributed by atoms with Gasteiger partial charge in [0.2, 0.25) is 0 Å². The van der Waals surface area contributed by atoms with Crippen LogP contribution in [-0.4, -0.2) is 28.1 Å². The monoisotopic (exact) mass is 400 g/mol. The van der Waals surface area contributed by atoms with Gasteiger partial charge in [-0.15, -0.1) is 0 Å². The zero-order valence-corrected chi connectivity index (χ0v) is 20.8. The number of hydrogen-bond acceptors (Lipinski definition) is 2. The molecule has 0 aliphatic carbocycles. The zero-order chi connectivity index (χ0) is 20.4. The third kappa shape index (κ3) is 16.8. The molecule has 0 aromatic rings. The molecule has 0 atom stereocenters. The van der Waals surface area contributed by atoms with Gasteiger partial charge in [0.25, 0.3) is 0 Å². The second kappa shape index (κ2) is 17.0. The van der Waals surface area contributed by atoms with Crippen molar-refractivity contribution >= 4 is 8.32 Å². The van der Waals surface area contributed by atoms with E-state index in [9.17, 15) is 0 Å². The Kier molecular flexibility index (Phi) is 17.1. The summed E-state index contributed by atoms with van der Waals surface area (Å²) in [5, 5.41) is 0.293. The fraction of sp³-hybridized carbons (Fsp3) is 1.00. The molecule has 0 fully saturated rings. The molecule has 0 spiro atoms. The van der Waals surface area contributed by atoms with Crippen molar-refractivity contribution in [2.45, 2.75) is 136 Å². The van der Waals surface area contributed by atoms with Crippen LogP contribution in [0.1, 0.15) is 118 Å². The van der Waals surface area contributed by atoms with Crippen LogP contribution in [0.5, 0.6) is 0 Å². The molecule has 0 rings (SSSR count). The van der Waals surface area contributed by atoms with Crippen LogP contribution in [0.3, 0.4) is 0 Å². The Morgan fingerprint density at radius 2 is 0.963 bits per heavy atom. The summed E-state index contributed by atoms with van der Waals surface area (Å²) < 4.78 is 11.9. The highest BCUT2D eigenvalue weighted by atomic mass is 28.4. The number of rotatable bonds is 19. The second-order valence-electron chi connectivity index (χ2n) is 9.82. The van der Waals surface area contributed by atoms with Gasteiger partial charge in [0.15, 0.2) is 8.32 Å². The first kappa shape index (κ1) is 27.1. The summed E-state index contributed by atoms with van der Waals surface area (Å²) in [6, 6.07) is 0. The van der Waals surface area contributed by atoms with E-state index in [1.54, 1.807) is 0 Å². The minimum atomic E-state index is -1.60. The van der Waals surface area contributed by atoms with E-state index in [1.807, 2.05) is 0 Å². The smallest absolute Gasteiger partial charge is 0.192 e. The molecule has 164 valence electrons. The largest absolute Gasteiger partial charge is 0.414 e. The summed E-state index contributed by atoms with van der Waals surface area (Å²) in [4.78, 5) is 0. The molecule has 0 radical (unpaired) electrons. The van der Waals surface area contributed by atoms with Crippen molar-refractivity contribution in [1.29, 1.82) is 0 Å². The molecule has 0 N–H and O–H groups in total. The third-order valence-corrected chi connectivity index (χ3v) is 10.7. The van der Waals surface area contributed by atoms with Gasteiger partial charge >= 0.3 is 0 Å². The van der Waals surface area contributed by atoms with Crippen LogP contribution in [0.4, 0.5) is 0 Å². The molecule has 0 bridgehead atoms. The van der Waals surface area contributed by atoms with Crippen LogP contribution in [0.2, 0.25) is 18.1 Å². The van der Waals surface area contributed by atoms with E-state index in [0.717, 1.165) is 19.8 Å². The Morgan fingerprint density at radius 1 is 0.556 bits per heavy atom. The summed E-state index contributed by atoms with van der Waals surface area (Å²) in [7, 11) is -1.60. The van der Waals surface area contributed by atoms with Gasteiger partial charge in [-0.3, -0.25) is 0 Å². The Labute approximate surface area is 173 Å². The molecule has 0 saturated heterocycles. The van der Waals surface area contributed by atoms with Crippen molar-refractivity contribution < 1.29 is 9.16 Å². The van der Waals surface area contributed by atoms with E-state index in [0.29, 0.717) is 5.04 Å². The lowest BCUT2D eigenvalue weighted by molar-refractivity contribution is 0.0925. The fourth-order valence-electron chi connectivity index (χ4n) is 3.07. The van der Waals surface area contributed by atoms with Crippen molar-refractivity contribution in [2.75, 3.05) is 19.8 Å². The molecule has 0 aliphatic rings. The highest BCUT2D eigenvalue weighted by Crippen LogP contribution is 2.36. The van der Waals surface area contributed by atoms with Crippen LogP contribution >= 0.6 is 0 Å². The molecule has 0 aromatic carbocycles. The van der Waals surface area contributed by atoms with Gasteiger partial charge in [0, 0.05) is 6.61 Å². The van der Waals surface area contributed by atoms with Crippen molar-refractivity contribution in [1.82, 2.24) is 0 Å². The van der Waals surface area contributed by atoms with E-state index in [1.165, 1.54) is 89.9 Å². The van der Waals surface area contributed by atoms with Crippen molar-refractivity contribution in [3.8, 4) is 0 Å². The van der Waals surface area contributed by atoms with Crippen LogP contribution in [0.15, 0.2) is 0 Å². The predicted octanol–water partition coefficient (Wildman–Crippen LogP) is 8.51. The van der Waals surface area contributed by atoms with E-state index >= 15 is 0 Å². The molecule has 0 heterocycles. The Hall–Kier alpha value is 0.137. The van der Waals surface area contributed by atoms with E-state index in [4.69, 9.17) is 9.16 Å². The SMILES string of the molecule is CCCCCCCCCCCCCCCCOCCO[Si](C)(C)C(C)(C)C. The molecule has 27 heavy (non-hydrogen) atoms. The molecule has 0 amide bonds. The molecule has 3 heteroatoms. The summed E-state index contributed by atoms with van der Waals surface area (Å²) in [6.07, 6.45) is 19.7. The minimum Gasteiger partial charge on any atom is -0.414 e. The van der Waals surface area contributed by atoms with Gasteiger partial charge in [0.1, 0.15) is 0 Å². The maximum Gasteiger partial charge on any atom is 0.192 e. The van der Waals surface area contributed by atoms with E-state index in [-0.39, 0.29) is 0 Å². The number of hydrogen-bond donors (Lipinski definition) is 0.